The second-order valence-corrected chi connectivity index (χ2v) is 4.88. The minimum absolute atomic E-state index is 1.21. The fourth-order valence-electron chi connectivity index (χ4n) is 3.15. The van der Waals surface area contributed by atoms with E-state index in [-0.39, 0.29) is 0 Å². The molecule has 1 aromatic carbocycles. The maximum atomic E-state index is 2.54. The van der Waals surface area contributed by atoms with Crippen LogP contribution in [0.1, 0.15) is 36.6 Å². The zero-order chi connectivity index (χ0) is 11.1. The summed E-state index contributed by atoms with van der Waals surface area (Å²) in [5, 5.41) is 1.51. The summed E-state index contributed by atoms with van der Waals surface area (Å²) < 4.78 is 2.54. The maximum absolute atomic E-state index is 2.54. The number of aryl methyl sites for hydroxylation is 3. The number of hydrogen-bond donors (Lipinski definition) is 0. The van der Waals surface area contributed by atoms with Gasteiger partial charge in [-0.15, -0.1) is 0 Å². The Morgan fingerprint density at radius 2 is 2.19 bits per heavy atom. The van der Waals surface area contributed by atoms with Crippen LogP contribution in [0.3, 0.4) is 0 Å². The van der Waals surface area contributed by atoms with Crippen LogP contribution < -0.4 is 0 Å². The van der Waals surface area contributed by atoms with Crippen molar-refractivity contribution in [2.24, 2.45) is 0 Å². The van der Waals surface area contributed by atoms with E-state index in [0.29, 0.717) is 0 Å². The Kier molecular flexibility index (Phi) is 2.27. The molecule has 0 unspecified atom stereocenters. The van der Waals surface area contributed by atoms with Gasteiger partial charge in [0.1, 0.15) is 0 Å². The van der Waals surface area contributed by atoms with Crippen molar-refractivity contribution in [3.05, 3.63) is 35.0 Å². The van der Waals surface area contributed by atoms with Gasteiger partial charge in [0, 0.05) is 17.6 Å². The summed E-state index contributed by atoms with van der Waals surface area (Å²) in [5.41, 5.74) is 6.16. The molecule has 0 fully saturated rings. The number of rotatable bonds is 2. The lowest BCUT2D eigenvalue weighted by molar-refractivity contribution is 0.620. The molecule has 0 saturated heterocycles. The van der Waals surface area contributed by atoms with E-state index in [0.717, 1.165) is 0 Å². The largest absolute Gasteiger partial charge is 0.344 e. The average molecular weight is 213 g/mol. The zero-order valence-electron chi connectivity index (χ0n) is 10.2. The van der Waals surface area contributed by atoms with Crippen LogP contribution in [0.4, 0.5) is 0 Å². The number of para-hydroxylation sites is 1. The fourth-order valence-corrected chi connectivity index (χ4v) is 3.15. The third-order valence-corrected chi connectivity index (χ3v) is 3.88. The number of aromatic nitrogens is 1. The molecule has 0 spiro atoms. The molecule has 1 aromatic heterocycles. The lowest BCUT2D eigenvalue weighted by atomic mass is 10.0. The van der Waals surface area contributed by atoms with Crippen LogP contribution in [0, 0.1) is 6.92 Å². The van der Waals surface area contributed by atoms with Crippen molar-refractivity contribution in [3.63, 3.8) is 0 Å². The monoisotopic (exact) mass is 213 g/mol. The zero-order valence-corrected chi connectivity index (χ0v) is 10.2. The van der Waals surface area contributed by atoms with E-state index in [4.69, 9.17) is 0 Å². The van der Waals surface area contributed by atoms with Gasteiger partial charge in [-0.05, 0) is 37.3 Å². The van der Waals surface area contributed by atoms with Gasteiger partial charge in [0.05, 0.1) is 5.52 Å². The first-order chi connectivity index (χ1) is 7.83. The molecular weight excluding hydrogens is 194 g/mol. The predicted octanol–water partition coefficient (Wildman–Crippen LogP) is 3.85. The Labute approximate surface area is 97.1 Å². The molecular formula is C15H19N. The molecule has 0 radical (unpaired) electrons. The molecule has 0 saturated carbocycles. The molecule has 0 aliphatic carbocycles. The van der Waals surface area contributed by atoms with Crippen molar-refractivity contribution >= 4 is 10.9 Å². The summed E-state index contributed by atoms with van der Waals surface area (Å²) in [6, 6.07) is 6.83. The number of nitrogens with zero attached hydrogens (tertiary/aromatic N) is 1. The van der Waals surface area contributed by atoms with Crippen molar-refractivity contribution in [1.29, 1.82) is 0 Å². The van der Waals surface area contributed by atoms with Crippen LogP contribution in [0.2, 0.25) is 0 Å². The highest BCUT2D eigenvalue weighted by Crippen LogP contribution is 2.32. The molecule has 2 aromatic rings. The SMILES string of the molecule is CCCc1c(C)n2c3c(cccc13)CCC2. The van der Waals surface area contributed by atoms with Crippen LogP contribution in [0.5, 0.6) is 0 Å². The molecule has 1 heteroatoms. The molecule has 84 valence electrons. The highest BCUT2D eigenvalue weighted by Gasteiger charge is 2.18. The molecule has 0 N–H and O–H groups in total. The van der Waals surface area contributed by atoms with E-state index in [9.17, 15) is 0 Å². The second-order valence-electron chi connectivity index (χ2n) is 4.88. The summed E-state index contributed by atoms with van der Waals surface area (Å²) in [7, 11) is 0. The maximum Gasteiger partial charge on any atom is 0.0517 e. The fraction of sp³-hybridized carbons (Fsp3) is 0.467. The molecule has 16 heavy (non-hydrogen) atoms. The van der Waals surface area contributed by atoms with Crippen molar-refractivity contribution in [3.8, 4) is 0 Å². The Morgan fingerprint density at radius 1 is 1.31 bits per heavy atom. The van der Waals surface area contributed by atoms with Crippen molar-refractivity contribution < 1.29 is 0 Å². The van der Waals surface area contributed by atoms with Gasteiger partial charge in [-0.3, -0.25) is 0 Å². The molecule has 3 rings (SSSR count). The van der Waals surface area contributed by atoms with Crippen molar-refractivity contribution in [2.45, 2.75) is 46.1 Å². The summed E-state index contributed by atoms with van der Waals surface area (Å²) in [6.45, 7) is 5.77. The van der Waals surface area contributed by atoms with Crippen LogP contribution in [0.25, 0.3) is 10.9 Å². The van der Waals surface area contributed by atoms with Crippen LogP contribution in [-0.2, 0) is 19.4 Å². The standard InChI is InChI=1S/C15H19N/c1-3-6-13-11(2)16-10-5-8-12-7-4-9-14(13)15(12)16/h4,7,9H,3,5-6,8,10H2,1-2H3. The third-order valence-electron chi connectivity index (χ3n) is 3.88. The van der Waals surface area contributed by atoms with Gasteiger partial charge in [-0.1, -0.05) is 31.5 Å². The predicted molar refractivity (Wildman–Crippen MR) is 69.0 cm³/mol. The summed E-state index contributed by atoms with van der Waals surface area (Å²) in [4.78, 5) is 0. The van der Waals surface area contributed by atoms with Gasteiger partial charge in [-0.25, -0.2) is 0 Å². The first-order valence-corrected chi connectivity index (χ1v) is 6.42. The molecule has 0 bridgehead atoms. The van der Waals surface area contributed by atoms with Crippen molar-refractivity contribution in [1.82, 2.24) is 4.57 Å². The van der Waals surface area contributed by atoms with Gasteiger partial charge < -0.3 is 4.57 Å². The molecule has 1 aliphatic rings. The highest BCUT2D eigenvalue weighted by molar-refractivity contribution is 5.88. The van der Waals surface area contributed by atoms with Gasteiger partial charge in [-0.2, -0.15) is 0 Å². The number of hydrogen-bond acceptors (Lipinski definition) is 0. The van der Waals surface area contributed by atoms with Crippen LogP contribution in [0.15, 0.2) is 18.2 Å². The Bertz CT molecular complexity index is 534. The lowest BCUT2D eigenvalue weighted by Gasteiger charge is -2.16. The summed E-state index contributed by atoms with van der Waals surface area (Å²) in [5.74, 6) is 0. The normalized spacial score (nSPS) is 14.6. The minimum Gasteiger partial charge on any atom is -0.344 e. The summed E-state index contributed by atoms with van der Waals surface area (Å²) in [6.07, 6.45) is 5.02. The van der Waals surface area contributed by atoms with Gasteiger partial charge in [0.2, 0.25) is 0 Å². The van der Waals surface area contributed by atoms with E-state index < -0.39 is 0 Å². The lowest BCUT2D eigenvalue weighted by Crippen LogP contribution is -2.08. The van der Waals surface area contributed by atoms with E-state index in [1.165, 1.54) is 48.8 Å². The summed E-state index contributed by atoms with van der Waals surface area (Å²) >= 11 is 0. The van der Waals surface area contributed by atoms with E-state index in [1.54, 1.807) is 11.1 Å². The third kappa shape index (κ3) is 1.24. The molecule has 1 aliphatic heterocycles. The topological polar surface area (TPSA) is 4.93 Å². The average Bonchev–Trinajstić information content (AvgIpc) is 2.58. The van der Waals surface area contributed by atoms with Crippen LogP contribution in [-0.4, -0.2) is 4.57 Å². The Morgan fingerprint density at radius 3 is 3.00 bits per heavy atom. The first kappa shape index (κ1) is 9.95. The van der Waals surface area contributed by atoms with Crippen LogP contribution >= 0.6 is 0 Å². The second kappa shape index (κ2) is 3.65. The molecule has 0 atom stereocenters. The molecule has 2 heterocycles. The molecule has 1 nitrogen and oxygen atoms in total. The number of benzene rings is 1. The van der Waals surface area contributed by atoms with E-state index >= 15 is 0 Å². The molecule has 0 amide bonds. The van der Waals surface area contributed by atoms with E-state index in [2.05, 4.69) is 36.6 Å². The van der Waals surface area contributed by atoms with Gasteiger partial charge in [0.25, 0.3) is 0 Å². The van der Waals surface area contributed by atoms with Gasteiger partial charge >= 0.3 is 0 Å². The van der Waals surface area contributed by atoms with Gasteiger partial charge in [0.15, 0.2) is 0 Å². The van der Waals surface area contributed by atoms with E-state index in [1.807, 2.05) is 0 Å². The highest BCUT2D eigenvalue weighted by atomic mass is 15.0. The quantitative estimate of drug-likeness (QED) is 0.714. The minimum atomic E-state index is 1.21. The Hall–Kier alpha value is -1.24. The van der Waals surface area contributed by atoms with Crippen molar-refractivity contribution in [2.75, 3.05) is 0 Å². The first-order valence-electron chi connectivity index (χ1n) is 6.42. The Balaban J connectivity index is 2.36. The smallest absolute Gasteiger partial charge is 0.0517 e.